The summed E-state index contributed by atoms with van der Waals surface area (Å²) in [5, 5.41) is 5.03. The quantitative estimate of drug-likeness (QED) is 0.724. The summed E-state index contributed by atoms with van der Waals surface area (Å²) in [6, 6.07) is 3.74. The van der Waals surface area contributed by atoms with Crippen molar-refractivity contribution in [1.82, 2.24) is 5.32 Å². The van der Waals surface area contributed by atoms with Crippen molar-refractivity contribution in [1.29, 1.82) is 0 Å². The van der Waals surface area contributed by atoms with Crippen molar-refractivity contribution < 1.29 is 4.79 Å². The van der Waals surface area contributed by atoms with E-state index in [1.54, 1.807) is 18.3 Å². The molecule has 4 heteroatoms. The van der Waals surface area contributed by atoms with E-state index in [0.717, 1.165) is 0 Å². The fourth-order valence-corrected chi connectivity index (χ4v) is 1.42. The van der Waals surface area contributed by atoms with Gasteiger partial charge in [-0.05, 0) is 18.4 Å². The molecule has 1 rings (SSSR count). The maximum absolute atomic E-state index is 10.6. The zero-order valence-electron chi connectivity index (χ0n) is 6.91. The average molecular weight is 184 g/mol. The predicted octanol–water partition coefficient (Wildman–Crippen LogP) is 0.712. The fourth-order valence-electron chi connectivity index (χ4n) is 0.767. The number of amides is 1. The largest absolute Gasteiger partial charge is 0.368 e. The maximum Gasteiger partial charge on any atom is 0.234 e. The van der Waals surface area contributed by atoms with Gasteiger partial charge in [0, 0.05) is 11.4 Å². The Morgan fingerprint density at radius 1 is 1.83 bits per heavy atom. The van der Waals surface area contributed by atoms with Crippen LogP contribution in [0.25, 0.3) is 0 Å². The molecule has 66 valence electrons. The Labute approximate surface area is 75.6 Å². The van der Waals surface area contributed by atoms with E-state index in [-0.39, 0.29) is 11.9 Å². The molecule has 0 radical (unpaired) electrons. The van der Waals surface area contributed by atoms with Crippen LogP contribution in [0.4, 0.5) is 0 Å². The van der Waals surface area contributed by atoms with Crippen molar-refractivity contribution >= 4 is 17.2 Å². The maximum atomic E-state index is 10.6. The van der Waals surface area contributed by atoms with Gasteiger partial charge in [0.05, 0.1) is 6.04 Å². The smallest absolute Gasteiger partial charge is 0.234 e. The van der Waals surface area contributed by atoms with E-state index >= 15 is 0 Å². The summed E-state index contributed by atoms with van der Waals surface area (Å²) in [4.78, 5) is 11.8. The molecule has 1 atom stereocenters. The number of primary amides is 1. The molecule has 0 aliphatic carbocycles. The van der Waals surface area contributed by atoms with Gasteiger partial charge >= 0.3 is 0 Å². The third kappa shape index (κ3) is 2.64. The molecule has 0 aliphatic heterocycles. The second-order valence-corrected chi connectivity index (χ2v) is 3.62. The lowest BCUT2D eigenvalue weighted by Crippen LogP contribution is -2.38. The van der Waals surface area contributed by atoms with E-state index in [1.807, 2.05) is 17.5 Å². The Morgan fingerprint density at radius 2 is 2.58 bits per heavy atom. The second-order valence-electron chi connectivity index (χ2n) is 2.58. The minimum atomic E-state index is -0.313. The van der Waals surface area contributed by atoms with Crippen LogP contribution in [0.5, 0.6) is 0 Å². The van der Waals surface area contributed by atoms with Gasteiger partial charge in [-0.2, -0.15) is 0 Å². The number of nitrogens with one attached hydrogen (secondary N) is 1. The molecule has 1 amide bonds. The second kappa shape index (κ2) is 4.23. The summed E-state index contributed by atoms with van der Waals surface area (Å²) in [6.07, 6.45) is 0. The number of hydrogen-bond donors (Lipinski definition) is 2. The molecular formula is C8H12N2OS. The van der Waals surface area contributed by atoms with Crippen molar-refractivity contribution in [3.8, 4) is 0 Å². The zero-order valence-corrected chi connectivity index (χ0v) is 7.73. The Balaban J connectivity index is 2.31. The summed E-state index contributed by atoms with van der Waals surface area (Å²) in [5.41, 5.74) is 5.08. The van der Waals surface area contributed by atoms with Crippen molar-refractivity contribution in [2.45, 2.75) is 19.5 Å². The van der Waals surface area contributed by atoms with E-state index in [0.29, 0.717) is 6.54 Å². The molecule has 3 N–H and O–H groups in total. The van der Waals surface area contributed by atoms with Gasteiger partial charge in [-0.15, -0.1) is 11.3 Å². The molecule has 0 aromatic carbocycles. The highest BCUT2D eigenvalue weighted by atomic mass is 32.1. The monoisotopic (exact) mass is 184 g/mol. The average Bonchev–Trinajstić information content (AvgIpc) is 2.51. The summed E-state index contributed by atoms with van der Waals surface area (Å²) in [7, 11) is 0. The highest BCUT2D eigenvalue weighted by molar-refractivity contribution is 7.09. The highest BCUT2D eigenvalue weighted by Crippen LogP contribution is 2.07. The molecule has 3 nitrogen and oxygen atoms in total. The van der Waals surface area contributed by atoms with Crippen LogP contribution in [0.1, 0.15) is 11.8 Å². The van der Waals surface area contributed by atoms with Crippen molar-refractivity contribution in [3.63, 3.8) is 0 Å². The highest BCUT2D eigenvalue weighted by Gasteiger charge is 2.06. The van der Waals surface area contributed by atoms with Crippen molar-refractivity contribution in [3.05, 3.63) is 22.4 Å². The third-order valence-electron chi connectivity index (χ3n) is 1.59. The standard InChI is InChI=1S/C8H12N2OS/c1-6(8(9)11)10-5-7-3-2-4-12-7/h2-4,6,10H,5H2,1H3,(H2,9,11). The lowest BCUT2D eigenvalue weighted by Gasteiger charge is -2.07. The lowest BCUT2D eigenvalue weighted by atomic mass is 10.3. The van der Waals surface area contributed by atoms with Gasteiger partial charge in [-0.1, -0.05) is 6.07 Å². The summed E-state index contributed by atoms with van der Waals surface area (Å²) < 4.78 is 0. The SMILES string of the molecule is CC(NCc1cccs1)C(N)=O. The Kier molecular flexibility index (Phi) is 3.25. The minimum Gasteiger partial charge on any atom is -0.368 e. The third-order valence-corrected chi connectivity index (χ3v) is 2.47. The molecule has 12 heavy (non-hydrogen) atoms. The van der Waals surface area contributed by atoms with Gasteiger partial charge in [0.2, 0.25) is 5.91 Å². The molecule has 1 aromatic rings. The molecule has 1 heterocycles. The molecule has 0 bridgehead atoms. The van der Waals surface area contributed by atoms with E-state index < -0.39 is 0 Å². The van der Waals surface area contributed by atoms with Crippen molar-refractivity contribution in [2.75, 3.05) is 0 Å². The van der Waals surface area contributed by atoms with Gasteiger partial charge in [0.25, 0.3) is 0 Å². The van der Waals surface area contributed by atoms with Crippen molar-refractivity contribution in [2.24, 2.45) is 5.73 Å². The van der Waals surface area contributed by atoms with Crippen LogP contribution in [0.3, 0.4) is 0 Å². The normalized spacial score (nSPS) is 12.8. The van der Waals surface area contributed by atoms with Gasteiger partial charge in [0.15, 0.2) is 0 Å². The molecule has 0 fully saturated rings. The zero-order chi connectivity index (χ0) is 8.97. The minimum absolute atomic E-state index is 0.257. The number of nitrogens with two attached hydrogens (primary N) is 1. The summed E-state index contributed by atoms with van der Waals surface area (Å²) in [5.74, 6) is -0.313. The molecule has 0 saturated heterocycles. The molecule has 1 aromatic heterocycles. The number of carbonyl (C=O) groups excluding carboxylic acids is 1. The Hall–Kier alpha value is -0.870. The van der Waals surface area contributed by atoms with E-state index in [1.165, 1.54) is 4.88 Å². The number of carbonyl (C=O) groups is 1. The van der Waals surface area contributed by atoms with E-state index in [9.17, 15) is 4.79 Å². The van der Waals surface area contributed by atoms with Gasteiger partial charge in [0.1, 0.15) is 0 Å². The number of rotatable bonds is 4. The van der Waals surface area contributed by atoms with Gasteiger partial charge in [-0.25, -0.2) is 0 Å². The van der Waals surface area contributed by atoms with Gasteiger partial charge in [-0.3, -0.25) is 4.79 Å². The first kappa shape index (κ1) is 9.22. The first-order chi connectivity index (χ1) is 5.70. The molecule has 1 unspecified atom stereocenters. The summed E-state index contributed by atoms with van der Waals surface area (Å²) >= 11 is 1.66. The number of thiophene rings is 1. The molecule has 0 spiro atoms. The van der Waals surface area contributed by atoms with Crippen LogP contribution in [-0.2, 0) is 11.3 Å². The first-order valence-corrected chi connectivity index (χ1v) is 4.63. The van der Waals surface area contributed by atoms with Gasteiger partial charge < -0.3 is 11.1 Å². The van der Waals surface area contributed by atoms with Crippen LogP contribution in [0.15, 0.2) is 17.5 Å². The molecular weight excluding hydrogens is 172 g/mol. The lowest BCUT2D eigenvalue weighted by molar-refractivity contribution is -0.119. The van der Waals surface area contributed by atoms with Crippen LogP contribution in [-0.4, -0.2) is 11.9 Å². The van der Waals surface area contributed by atoms with Crippen LogP contribution >= 0.6 is 11.3 Å². The topological polar surface area (TPSA) is 55.1 Å². The Bertz CT molecular complexity index is 246. The first-order valence-electron chi connectivity index (χ1n) is 3.75. The molecule has 0 aliphatic rings. The van der Waals surface area contributed by atoms with Crippen LogP contribution in [0.2, 0.25) is 0 Å². The predicted molar refractivity (Wildman–Crippen MR) is 49.8 cm³/mol. The van der Waals surface area contributed by atoms with Crippen LogP contribution in [0, 0.1) is 0 Å². The fraction of sp³-hybridized carbons (Fsp3) is 0.375. The summed E-state index contributed by atoms with van der Waals surface area (Å²) in [6.45, 7) is 2.47. The van der Waals surface area contributed by atoms with E-state index in [2.05, 4.69) is 5.32 Å². The Morgan fingerprint density at radius 3 is 3.08 bits per heavy atom. The molecule has 0 saturated carbocycles. The number of hydrogen-bond acceptors (Lipinski definition) is 3. The van der Waals surface area contributed by atoms with E-state index in [4.69, 9.17) is 5.73 Å². The van der Waals surface area contributed by atoms with Crippen LogP contribution < -0.4 is 11.1 Å².